The first kappa shape index (κ1) is 24.3. The lowest BCUT2D eigenvalue weighted by Crippen LogP contribution is -2.30. The first-order valence-electron chi connectivity index (χ1n) is 10.5. The van der Waals surface area contributed by atoms with E-state index >= 15 is 0 Å². The van der Waals surface area contributed by atoms with Crippen LogP contribution in [-0.2, 0) is 16.4 Å². The molecule has 0 saturated heterocycles. The maximum absolute atomic E-state index is 12.5. The summed E-state index contributed by atoms with van der Waals surface area (Å²) in [7, 11) is -4.08. The molecule has 3 aromatic carbocycles. The van der Waals surface area contributed by atoms with Crippen LogP contribution in [0.3, 0.4) is 0 Å². The van der Waals surface area contributed by atoms with E-state index in [9.17, 15) is 13.2 Å². The van der Waals surface area contributed by atoms with Gasteiger partial charge in [-0.2, -0.15) is 0 Å². The van der Waals surface area contributed by atoms with Gasteiger partial charge in [-0.3, -0.25) is 4.79 Å². The Hall–Kier alpha value is -2.88. The quantitative estimate of drug-likeness (QED) is 0.323. The lowest BCUT2D eigenvalue weighted by Gasteiger charge is -2.16. The number of halogens is 2. The zero-order chi connectivity index (χ0) is 24.3. The molecule has 0 saturated carbocycles. The van der Waals surface area contributed by atoms with Gasteiger partial charge < -0.3 is 9.74 Å². The van der Waals surface area contributed by atoms with Gasteiger partial charge in [0.2, 0.25) is 0 Å². The van der Waals surface area contributed by atoms with Crippen LogP contribution in [-0.4, -0.2) is 33.6 Å². The molecule has 10 heteroatoms. The van der Waals surface area contributed by atoms with E-state index in [2.05, 4.69) is 45.0 Å². The number of sulfonamides is 1. The maximum Gasteiger partial charge on any atom is 0.265 e. The highest BCUT2D eigenvalue weighted by Crippen LogP contribution is 2.28. The highest BCUT2D eigenvalue weighted by atomic mass is 79.9. The minimum absolute atomic E-state index is 0.0894. The van der Waals surface area contributed by atoms with Crippen molar-refractivity contribution in [3.05, 3.63) is 86.8 Å². The second-order valence-electron chi connectivity index (χ2n) is 7.58. The van der Waals surface area contributed by atoms with E-state index in [1.807, 2.05) is 10.8 Å². The Balaban J connectivity index is 1.38. The Morgan fingerprint density at radius 1 is 1.18 bits per heavy atom. The van der Waals surface area contributed by atoms with Crippen molar-refractivity contribution in [2.75, 3.05) is 18.0 Å². The van der Waals surface area contributed by atoms with Crippen LogP contribution >= 0.6 is 27.5 Å². The predicted molar refractivity (Wildman–Crippen MR) is 137 cm³/mol. The molecule has 0 aromatic heterocycles. The summed E-state index contributed by atoms with van der Waals surface area (Å²) in [6, 6.07) is 16.4. The van der Waals surface area contributed by atoms with E-state index < -0.39 is 15.9 Å². The van der Waals surface area contributed by atoms with Crippen molar-refractivity contribution < 1.29 is 18.0 Å². The lowest BCUT2D eigenvalue weighted by atomic mass is 10.1. The number of amides is 1. The molecule has 1 amide bonds. The summed E-state index contributed by atoms with van der Waals surface area (Å²) >= 11 is 9.00. The number of nitrogens with zero attached hydrogens (tertiary/aromatic N) is 2. The van der Waals surface area contributed by atoms with Gasteiger partial charge >= 0.3 is 0 Å². The molecule has 34 heavy (non-hydrogen) atoms. The molecular formula is C24H21BrClN3O4S. The summed E-state index contributed by atoms with van der Waals surface area (Å²) in [6.07, 6.45) is 2.64. The van der Waals surface area contributed by atoms with Crippen LogP contribution < -0.4 is 14.5 Å². The fraction of sp³-hybridized carbons (Fsp3) is 0.167. The van der Waals surface area contributed by atoms with Gasteiger partial charge in [-0.1, -0.05) is 22.8 Å². The van der Waals surface area contributed by atoms with Crippen molar-refractivity contribution in [1.82, 2.24) is 4.72 Å². The Kier molecular flexibility index (Phi) is 7.25. The maximum atomic E-state index is 12.5. The Bertz CT molecular complexity index is 1360. The summed E-state index contributed by atoms with van der Waals surface area (Å²) in [5, 5.41) is 4.39. The van der Waals surface area contributed by atoms with Crippen LogP contribution in [0.5, 0.6) is 5.75 Å². The molecule has 0 bridgehead atoms. The first-order valence-corrected chi connectivity index (χ1v) is 13.1. The largest absolute Gasteiger partial charge is 0.371 e. The molecule has 3 aromatic rings. The lowest BCUT2D eigenvalue weighted by molar-refractivity contribution is 0.0981. The molecule has 7 nitrogen and oxygen atoms in total. The van der Waals surface area contributed by atoms with Gasteiger partial charge in [-0.25, -0.2) is 13.1 Å². The van der Waals surface area contributed by atoms with Crippen LogP contribution in [0.25, 0.3) is 0 Å². The van der Waals surface area contributed by atoms with Gasteiger partial charge in [0, 0.05) is 33.8 Å². The molecule has 1 aliphatic rings. The van der Waals surface area contributed by atoms with Crippen molar-refractivity contribution in [3.63, 3.8) is 0 Å². The zero-order valence-corrected chi connectivity index (χ0v) is 21.3. The molecule has 176 valence electrons. The zero-order valence-electron chi connectivity index (χ0n) is 18.2. The number of anilines is 1. The molecule has 0 atom stereocenters. The number of rotatable bonds is 7. The summed E-state index contributed by atoms with van der Waals surface area (Å²) < 4.78 is 27.4. The normalized spacial score (nSPS) is 13.2. The van der Waals surface area contributed by atoms with Gasteiger partial charge in [0.25, 0.3) is 15.9 Å². The second kappa shape index (κ2) is 10.2. The summed E-state index contributed by atoms with van der Waals surface area (Å²) in [6.45, 7) is 4.16. The fourth-order valence-corrected chi connectivity index (χ4v) is 6.00. The third-order valence-corrected chi connectivity index (χ3v) is 7.91. The number of benzene rings is 3. The molecule has 1 heterocycles. The van der Waals surface area contributed by atoms with Crippen LogP contribution in [0.4, 0.5) is 5.69 Å². The number of fused-ring (bicyclic) bond motifs is 1. The summed E-state index contributed by atoms with van der Waals surface area (Å²) in [5.74, 6) is -0.356. The fourth-order valence-electron chi connectivity index (χ4n) is 3.64. The van der Waals surface area contributed by atoms with Crippen molar-refractivity contribution in [2.24, 2.45) is 5.16 Å². The van der Waals surface area contributed by atoms with Crippen molar-refractivity contribution in [3.8, 4) is 5.75 Å². The third-order valence-electron chi connectivity index (χ3n) is 5.36. The Morgan fingerprint density at radius 3 is 2.65 bits per heavy atom. The molecule has 0 radical (unpaired) electrons. The molecule has 4 rings (SSSR count). The molecule has 0 spiro atoms. The number of oxime groups is 1. The summed E-state index contributed by atoms with van der Waals surface area (Å²) in [4.78, 5) is 20.1. The van der Waals surface area contributed by atoms with Gasteiger partial charge in [-0.15, -0.1) is 0 Å². The van der Waals surface area contributed by atoms with E-state index in [0.29, 0.717) is 10.8 Å². The standard InChI is InChI=1S/C24H21BrClN3O4S/c1-2-29-12-11-18-13-16(3-9-22(18)29)15-27-33-20-7-4-17(5-8-20)24(30)28-34(31,32)23-10-6-19(26)14-21(23)25/h3-10,13-15H,2,11-12H2,1H3,(H,28,30)/b27-15+. The SMILES string of the molecule is CCN1CCc2cc(/C=N/Oc3ccc(C(=O)NS(=O)(=O)c4ccc(Cl)cc4Br)cc3)ccc21. The van der Waals surface area contributed by atoms with E-state index in [1.165, 1.54) is 41.6 Å². The minimum atomic E-state index is -4.08. The van der Waals surface area contributed by atoms with Crippen molar-refractivity contribution >= 4 is 55.4 Å². The average Bonchev–Trinajstić information content (AvgIpc) is 3.21. The van der Waals surface area contributed by atoms with Gasteiger partial charge in [0.05, 0.1) is 6.21 Å². The average molecular weight is 563 g/mol. The van der Waals surface area contributed by atoms with Gasteiger partial charge in [0.1, 0.15) is 4.90 Å². The highest BCUT2D eigenvalue weighted by Gasteiger charge is 2.21. The van der Waals surface area contributed by atoms with Crippen molar-refractivity contribution in [1.29, 1.82) is 0 Å². The second-order valence-corrected chi connectivity index (χ2v) is 10.5. The Labute approximate surface area is 211 Å². The van der Waals surface area contributed by atoms with Gasteiger partial charge in [0.15, 0.2) is 5.75 Å². The predicted octanol–water partition coefficient (Wildman–Crippen LogP) is 5.02. The topological polar surface area (TPSA) is 88.1 Å². The molecule has 1 N–H and O–H groups in total. The molecular weight excluding hydrogens is 542 g/mol. The van der Waals surface area contributed by atoms with E-state index in [1.54, 1.807) is 18.3 Å². The van der Waals surface area contributed by atoms with Crippen LogP contribution in [0.2, 0.25) is 5.02 Å². The number of hydrogen-bond donors (Lipinski definition) is 1. The Morgan fingerprint density at radius 2 is 1.94 bits per heavy atom. The number of carbonyl (C=O) groups excluding carboxylic acids is 1. The molecule has 0 fully saturated rings. The smallest absolute Gasteiger partial charge is 0.265 e. The van der Waals surface area contributed by atoms with Gasteiger partial charge in [-0.05, 0) is 95.0 Å². The highest BCUT2D eigenvalue weighted by molar-refractivity contribution is 9.10. The summed E-state index contributed by atoms with van der Waals surface area (Å²) in [5.41, 5.74) is 3.65. The first-order chi connectivity index (χ1) is 16.3. The number of carbonyl (C=O) groups is 1. The monoisotopic (exact) mass is 561 g/mol. The van der Waals surface area contributed by atoms with Crippen LogP contribution in [0.1, 0.15) is 28.4 Å². The molecule has 1 aliphatic heterocycles. The molecule has 0 aliphatic carbocycles. The molecule has 0 unspecified atom stereocenters. The van der Waals surface area contributed by atoms with E-state index in [4.69, 9.17) is 16.4 Å². The van der Waals surface area contributed by atoms with Crippen molar-refractivity contribution in [2.45, 2.75) is 18.2 Å². The van der Waals surface area contributed by atoms with Crippen LogP contribution in [0.15, 0.2) is 75.2 Å². The number of nitrogens with one attached hydrogen (secondary N) is 1. The minimum Gasteiger partial charge on any atom is -0.371 e. The third kappa shape index (κ3) is 5.43. The number of hydrogen-bond acceptors (Lipinski definition) is 6. The van der Waals surface area contributed by atoms with E-state index in [0.717, 1.165) is 25.1 Å². The number of likely N-dealkylation sites (N-methyl/N-ethyl adjacent to an activating group) is 1. The van der Waals surface area contributed by atoms with E-state index in [-0.39, 0.29) is 14.9 Å². The van der Waals surface area contributed by atoms with Crippen LogP contribution in [0, 0.1) is 0 Å².